The smallest absolute Gasteiger partial charge is 0.251 e. The lowest BCUT2D eigenvalue weighted by Crippen LogP contribution is -2.36. The quantitative estimate of drug-likeness (QED) is 0.803. The summed E-state index contributed by atoms with van der Waals surface area (Å²) in [6.45, 7) is 1.97. The Morgan fingerprint density at radius 2 is 1.92 bits per heavy atom. The molecule has 24 heavy (non-hydrogen) atoms. The minimum atomic E-state index is 0.00661. The second-order valence-corrected chi connectivity index (χ2v) is 6.47. The van der Waals surface area contributed by atoms with Gasteiger partial charge in [0, 0.05) is 23.5 Å². The molecule has 1 atom stereocenters. The Kier molecular flexibility index (Phi) is 3.82. The van der Waals surface area contributed by atoms with Crippen molar-refractivity contribution < 1.29 is 9.21 Å². The first-order chi connectivity index (χ1) is 11.7. The van der Waals surface area contributed by atoms with Gasteiger partial charge in [0.1, 0.15) is 5.58 Å². The van der Waals surface area contributed by atoms with Crippen molar-refractivity contribution in [3.8, 4) is 11.1 Å². The van der Waals surface area contributed by atoms with Crippen molar-refractivity contribution in [2.24, 2.45) is 0 Å². The normalized spacial score (nSPS) is 18.1. The number of carbonyl (C=O) groups is 1. The molecule has 1 amide bonds. The minimum Gasteiger partial charge on any atom is -0.464 e. The van der Waals surface area contributed by atoms with E-state index in [9.17, 15) is 4.79 Å². The van der Waals surface area contributed by atoms with Crippen LogP contribution in [-0.4, -0.2) is 37.0 Å². The summed E-state index contributed by atoms with van der Waals surface area (Å²) in [5.74, 6) is 0.00661. The first-order valence-electron chi connectivity index (χ1n) is 8.26. The Balaban J connectivity index is 1.50. The van der Waals surface area contributed by atoms with Gasteiger partial charge in [0.2, 0.25) is 0 Å². The van der Waals surface area contributed by atoms with Gasteiger partial charge in [-0.2, -0.15) is 0 Å². The first-order valence-corrected chi connectivity index (χ1v) is 8.26. The highest BCUT2D eigenvalue weighted by Crippen LogP contribution is 2.25. The van der Waals surface area contributed by atoms with Crippen LogP contribution < -0.4 is 5.32 Å². The van der Waals surface area contributed by atoms with E-state index in [1.54, 1.807) is 6.26 Å². The third-order valence-corrected chi connectivity index (χ3v) is 4.66. The zero-order chi connectivity index (χ0) is 16.5. The summed E-state index contributed by atoms with van der Waals surface area (Å²) in [6, 6.07) is 16.1. The van der Waals surface area contributed by atoms with Crippen molar-refractivity contribution in [1.29, 1.82) is 0 Å². The van der Waals surface area contributed by atoms with Gasteiger partial charge in [0.15, 0.2) is 0 Å². The predicted octanol–water partition coefficient (Wildman–Crippen LogP) is 3.53. The number of likely N-dealkylation sites (tertiary alicyclic amines) is 1. The third-order valence-electron chi connectivity index (χ3n) is 4.66. The average molecular weight is 320 g/mol. The predicted molar refractivity (Wildman–Crippen MR) is 95.0 cm³/mol. The lowest BCUT2D eigenvalue weighted by molar-refractivity contribution is 0.0938. The summed E-state index contributed by atoms with van der Waals surface area (Å²) in [7, 11) is 2.08. The SMILES string of the molecule is CN1CC[C@H](NC(=O)c2ccc(-c3ccc4occc4c3)cc2)C1. The van der Waals surface area contributed by atoms with Crippen molar-refractivity contribution in [2.75, 3.05) is 20.1 Å². The van der Waals surface area contributed by atoms with Gasteiger partial charge < -0.3 is 14.6 Å². The van der Waals surface area contributed by atoms with E-state index in [0.29, 0.717) is 5.56 Å². The van der Waals surface area contributed by atoms with Gasteiger partial charge in [-0.3, -0.25) is 4.79 Å². The lowest BCUT2D eigenvalue weighted by Gasteiger charge is -2.13. The van der Waals surface area contributed by atoms with Crippen LogP contribution in [0.25, 0.3) is 22.1 Å². The molecule has 0 unspecified atom stereocenters. The van der Waals surface area contributed by atoms with E-state index in [1.165, 1.54) is 0 Å². The van der Waals surface area contributed by atoms with Gasteiger partial charge in [-0.1, -0.05) is 18.2 Å². The molecule has 1 aromatic heterocycles. The lowest BCUT2D eigenvalue weighted by atomic mass is 10.0. The van der Waals surface area contributed by atoms with E-state index in [1.807, 2.05) is 42.5 Å². The highest BCUT2D eigenvalue weighted by Gasteiger charge is 2.21. The fourth-order valence-electron chi connectivity index (χ4n) is 3.28. The number of furan rings is 1. The van der Waals surface area contributed by atoms with E-state index < -0.39 is 0 Å². The van der Waals surface area contributed by atoms with Crippen LogP contribution in [0.3, 0.4) is 0 Å². The van der Waals surface area contributed by atoms with Crippen LogP contribution in [0.1, 0.15) is 16.8 Å². The monoisotopic (exact) mass is 320 g/mol. The minimum absolute atomic E-state index is 0.00661. The molecule has 122 valence electrons. The van der Waals surface area contributed by atoms with Crippen molar-refractivity contribution in [2.45, 2.75) is 12.5 Å². The molecule has 1 fully saturated rings. The summed E-state index contributed by atoms with van der Waals surface area (Å²) < 4.78 is 5.37. The molecule has 0 spiro atoms. The Labute approximate surface area is 141 Å². The highest BCUT2D eigenvalue weighted by atomic mass is 16.3. The molecule has 4 heteroatoms. The van der Waals surface area contributed by atoms with Crippen LogP contribution in [0.2, 0.25) is 0 Å². The van der Waals surface area contributed by atoms with E-state index in [4.69, 9.17) is 4.42 Å². The number of carbonyl (C=O) groups excluding carboxylic acids is 1. The fourth-order valence-corrected chi connectivity index (χ4v) is 3.28. The maximum Gasteiger partial charge on any atom is 0.251 e. The molecule has 4 nitrogen and oxygen atoms in total. The van der Waals surface area contributed by atoms with Crippen LogP contribution in [0, 0.1) is 0 Å². The number of benzene rings is 2. The number of rotatable bonds is 3. The first kappa shape index (κ1) is 15.0. The zero-order valence-electron chi connectivity index (χ0n) is 13.7. The number of nitrogens with one attached hydrogen (secondary N) is 1. The molecule has 3 aromatic rings. The Bertz CT molecular complexity index is 867. The van der Waals surface area contributed by atoms with Gasteiger partial charge >= 0.3 is 0 Å². The second-order valence-electron chi connectivity index (χ2n) is 6.47. The number of nitrogens with zero attached hydrogens (tertiary/aromatic N) is 1. The molecule has 0 aliphatic carbocycles. The van der Waals surface area contributed by atoms with Crippen molar-refractivity contribution in [3.05, 3.63) is 60.4 Å². The van der Waals surface area contributed by atoms with Gasteiger partial charge in [-0.15, -0.1) is 0 Å². The molecule has 2 heterocycles. The molecular formula is C20H20N2O2. The second kappa shape index (κ2) is 6.13. The maximum atomic E-state index is 12.4. The van der Waals surface area contributed by atoms with E-state index in [-0.39, 0.29) is 11.9 Å². The molecular weight excluding hydrogens is 300 g/mol. The van der Waals surface area contributed by atoms with Crippen LogP contribution in [-0.2, 0) is 0 Å². The largest absolute Gasteiger partial charge is 0.464 e. The van der Waals surface area contributed by atoms with Gasteiger partial charge in [0.05, 0.1) is 6.26 Å². The Morgan fingerprint density at radius 1 is 1.12 bits per heavy atom. The Morgan fingerprint density at radius 3 is 2.67 bits per heavy atom. The van der Waals surface area contributed by atoms with Crippen LogP contribution in [0.5, 0.6) is 0 Å². The average Bonchev–Trinajstić information content (AvgIpc) is 3.23. The number of hydrogen-bond donors (Lipinski definition) is 1. The molecule has 0 radical (unpaired) electrons. The third kappa shape index (κ3) is 2.93. The van der Waals surface area contributed by atoms with Crippen LogP contribution >= 0.6 is 0 Å². The molecule has 4 rings (SSSR count). The van der Waals surface area contributed by atoms with Gasteiger partial charge in [-0.25, -0.2) is 0 Å². The van der Waals surface area contributed by atoms with Crippen molar-refractivity contribution in [3.63, 3.8) is 0 Å². The van der Waals surface area contributed by atoms with Crippen LogP contribution in [0.4, 0.5) is 0 Å². The topological polar surface area (TPSA) is 45.5 Å². The number of hydrogen-bond acceptors (Lipinski definition) is 3. The van der Waals surface area contributed by atoms with E-state index >= 15 is 0 Å². The molecule has 2 aromatic carbocycles. The molecule has 1 aliphatic rings. The summed E-state index contributed by atoms with van der Waals surface area (Å²) in [6.07, 6.45) is 2.72. The maximum absolute atomic E-state index is 12.4. The molecule has 1 saturated heterocycles. The summed E-state index contributed by atoms with van der Waals surface area (Å²) in [5.41, 5.74) is 3.80. The summed E-state index contributed by atoms with van der Waals surface area (Å²) in [4.78, 5) is 14.6. The van der Waals surface area contributed by atoms with Crippen molar-refractivity contribution in [1.82, 2.24) is 10.2 Å². The van der Waals surface area contributed by atoms with Crippen LogP contribution in [0.15, 0.2) is 59.2 Å². The highest BCUT2D eigenvalue weighted by molar-refractivity contribution is 5.95. The van der Waals surface area contributed by atoms with E-state index in [0.717, 1.165) is 41.6 Å². The number of likely N-dealkylation sites (N-methyl/N-ethyl adjacent to an activating group) is 1. The zero-order valence-corrected chi connectivity index (χ0v) is 13.7. The van der Waals surface area contributed by atoms with Gasteiger partial charge in [-0.05, 0) is 61.5 Å². The fraction of sp³-hybridized carbons (Fsp3) is 0.250. The molecule has 1 N–H and O–H groups in total. The molecule has 0 bridgehead atoms. The standard InChI is InChI=1S/C20H20N2O2/c1-22-10-8-18(13-22)21-20(23)15-4-2-14(3-5-15)16-6-7-19-17(12-16)9-11-24-19/h2-7,9,11-12,18H,8,10,13H2,1H3,(H,21,23)/t18-/m0/s1. The number of amides is 1. The number of fused-ring (bicyclic) bond motifs is 1. The van der Waals surface area contributed by atoms with Crippen molar-refractivity contribution >= 4 is 16.9 Å². The molecule has 0 saturated carbocycles. The van der Waals surface area contributed by atoms with Gasteiger partial charge in [0.25, 0.3) is 5.91 Å². The summed E-state index contributed by atoms with van der Waals surface area (Å²) in [5, 5.41) is 4.20. The molecule has 1 aliphatic heterocycles. The van der Waals surface area contributed by atoms with E-state index in [2.05, 4.69) is 23.3 Å². The Hall–Kier alpha value is -2.59. The summed E-state index contributed by atoms with van der Waals surface area (Å²) >= 11 is 0.